The first-order valence-electron chi connectivity index (χ1n) is 9.49. The summed E-state index contributed by atoms with van der Waals surface area (Å²) < 4.78 is 27.6. The number of rotatable bonds is 7. The molecule has 1 aliphatic rings. The second-order valence-corrected chi connectivity index (χ2v) is 8.66. The van der Waals surface area contributed by atoms with Crippen LogP contribution < -0.4 is 9.62 Å². The average Bonchev–Trinajstić information content (AvgIpc) is 2.70. The molecule has 1 N–H and O–H groups in total. The molecule has 0 unspecified atom stereocenters. The van der Waals surface area contributed by atoms with Crippen molar-refractivity contribution in [3.05, 3.63) is 48.8 Å². The van der Waals surface area contributed by atoms with E-state index in [4.69, 9.17) is 0 Å². The van der Waals surface area contributed by atoms with Gasteiger partial charge in [-0.3, -0.25) is 9.62 Å². The van der Waals surface area contributed by atoms with Crippen LogP contribution in [0.4, 0.5) is 11.6 Å². The van der Waals surface area contributed by atoms with Gasteiger partial charge >= 0.3 is 0 Å². The van der Waals surface area contributed by atoms with Crippen molar-refractivity contribution in [1.82, 2.24) is 14.9 Å². The van der Waals surface area contributed by atoms with Crippen LogP contribution in [-0.2, 0) is 10.0 Å². The summed E-state index contributed by atoms with van der Waals surface area (Å²) in [6.45, 7) is 11.9. The maximum atomic E-state index is 12.5. The quantitative estimate of drug-likeness (QED) is 0.769. The van der Waals surface area contributed by atoms with Gasteiger partial charge in [-0.25, -0.2) is 18.4 Å². The first-order chi connectivity index (χ1) is 13.4. The Morgan fingerprint density at radius 1 is 1.21 bits per heavy atom. The number of hydrogen-bond acceptors (Lipinski definition) is 6. The Morgan fingerprint density at radius 2 is 1.89 bits per heavy atom. The lowest BCUT2D eigenvalue weighted by atomic mass is 10.2. The van der Waals surface area contributed by atoms with Crippen LogP contribution in [-0.4, -0.2) is 55.5 Å². The molecule has 0 bridgehead atoms. The fourth-order valence-electron chi connectivity index (χ4n) is 3.33. The lowest BCUT2D eigenvalue weighted by Crippen LogP contribution is -2.52. The van der Waals surface area contributed by atoms with E-state index in [1.54, 1.807) is 30.3 Å². The van der Waals surface area contributed by atoms with Crippen molar-refractivity contribution >= 4 is 27.7 Å². The Labute approximate surface area is 167 Å². The smallest absolute Gasteiger partial charge is 0.261 e. The van der Waals surface area contributed by atoms with E-state index in [0.717, 1.165) is 38.2 Å². The number of nitrogens with one attached hydrogen (secondary N) is 1. The SMILES string of the molecule is C=Cc1ccc(S(=O)(=O)Nc2cnc(N3CCN(CCC)[C@@H](C)C3)nc2)cc1. The molecular weight excluding hydrogens is 374 g/mol. The summed E-state index contributed by atoms with van der Waals surface area (Å²) in [7, 11) is -3.68. The van der Waals surface area contributed by atoms with Gasteiger partial charge in [-0.1, -0.05) is 31.7 Å². The van der Waals surface area contributed by atoms with Crippen molar-refractivity contribution in [2.75, 3.05) is 35.8 Å². The molecule has 150 valence electrons. The van der Waals surface area contributed by atoms with Gasteiger partial charge in [0.05, 0.1) is 23.0 Å². The minimum Gasteiger partial charge on any atom is -0.338 e. The van der Waals surface area contributed by atoms with Crippen LogP contribution in [0.15, 0.2) is 48.1 Å². The van der Waals surface area contributed by atoms with Crippen LogP contribution in [0.3, 0.4) is 0 Å². The Morgan fingerprint density at radius 3 is 2.46 bits per heavy atom. The zero-order valence-corrected chi connectivity index (χ0v) is 17.2. The molecule has 0 aliphatic carbocycles. The van der Waals surface area contributed by atoms with Crippen LogP contribution in [0, 0.1) is 0 Å². The maximum Gasteiger partial charge on any atom is 0.261 e. The number of hydrogen-bond donors (Lipinski definition) is 1. The number of aromatic nitrogens is 2. The molecular formula is C20H27N5O2S. The van der Waals surface area contributed by atoms with Crippen molar-refractivity contribution in [2.45, 2.75) is 31.2 Å². The molecule has 2 aromatic rings. The van der Waals surface area contributed by atoms with Crippen molar-refractivity contribution in [2.24, 2.45) is 0 Å². The summed E-state index contributed by atoms with van der Waals surface area (Å²) in [5, 5.41) is 0. The summed E-state index contributed by atoms with van der Waals surface area (Å²) in [5.41, 5.74) is 1.20. The van der Waals surface area contributed by atoms with Crippen molar-refractivity contribution < 1.29 is 8.42 Å². The fraction of sp³-hybridized carbons (Fsp3) is 0.400. The van der Waals surface area contributed by atoms with Crippen LogP contribution in [0.1, 0.15) is 25.8 Å². The third-order valence-corrected chi connectivity index (χ3v) is 6.27. The van der Waals surface area contributed by atoms with Crippen LogP contribution in [0.2, 0.25) is 0 Å². The summed E-state index contributed by atoms with van der Waals surface area (Å²) in [6.07, 6.45) is 5.84. The highest BCUT2D eigenvalue weighted by Crippen LogP contribution is 2.19. The highest BCUT2D eigenvalue weighted by atomic mass is 32.2. The largest absolute Gasteiger partial charge is 0.338 e. The van der Waals surface area contributed by atoms with Crippen LogP contribution >= 0.6 is 0 Å². The molecule has 0 saturated carbocycles. The predicted octanol–water partition coefficient (Wildman–Crippen LogP) is 2.84. The van der Waals surface area contributed by atoms with E-state index >= 15 is 0 Å². The molecule has 3 rings (SSSR count). The Kier molecular flexibility index (Phi) is 6.31. The predicted molar refractivity (Wildman–Crippen MR) is 113 cm³/mol. The summed E-state index contributed by atoms with van der Waals surface area (Å²) >= 11 is 0. The van der Waals surface area contributed by atoms with E-state index in [1.807, 2.05) is 0 Å². The molecule has 0 spiro atoms. The number of piperazine rings is 1. The third-order valence-electron chi connectivity index (χ3n) is 4.88. The number of nitrogens with zero attached hydrogens (tertiary/aromatic N) is 4. The zero-order chi connectivity index (χ0) is 20.1. The minimum absolute atomic E-state index is 0.183. The van der Waals surface area contributed by atoms with Crippen LogP contribution in [0.5, 0.6) is 0 Å². The molecule has 1 aromatic heterocycles. The number of anilines is 2. The monoisotopic (exact) mass is 401 g/mol. The topological polar surface area (TPSA) is 78.4 Å². The summed E-state index contributed by atoms with van der Waals surface area (Å²) in [6, 6.07) is 6.95. The Balaban J connectivity index is 1.66. The molecule has 1 saturated heterocycles. The van der Waals surface area contributed by atoms with E-state index < -0.39 is 10.0 Å². The van der Waals surface area contributed by atoms with Gasteiger partial charge in [-0.15, -0.1) is 0 Å². The van der Waals surface area contributed by atoms with Gasteiger partial charge in [0, 0.05) is 25.7 Å². The minimum atomic E-state index is -3.68. The average molecular weight is 402 g/mol. The van der Waals surface area contributed by atoms with Gasteiger partial charge in [0.2, 0.25) is 5.95 Å². The molecule has 1 aliphatic heterocycles. The highest BCUT2D eigenvalue weighted by molar-refractivity contribution is 7.92. The van der Waals surface area contributed by atoms with Crippen molar-refractivity contribution in [3.8, 4) is 0 Å². The lowest BCUT2D eigenvalue weighted by Gasteiger charge is -2.39. The second kappa shape index (κ2) is 8.70. The van der Waals surface area contributed by atoms with Crippen LogP contribution in [0.25, 0.3) is 6.08 Å². The zero-order valence-electron chi connectivity index (χ0n) is 16.4. The van der Waals surface area contributed by atoms with Gasteiger partial charge in [-0.05, 0) is 37.6 Å². The standard InChI is InChI=1S/C20H27N5O2S/c1-4-10-24-11-12-25(15-16(24)3)20-21-13-18(14-22-20)23-28(26,27)19-8-6-17(5-2)7-9-19/h5-9,13-14,16,23H,2,4,10-12,15H2,1,3H3/t16-/m0/s1. The molecule has 7 nitrogen and oxygen atoms in total. The first kappa shape index (κ1) is 20.3. The Hall–Kier alpha value is -2.45. The number of benzene rings is 1. The van der Waals surface area contributed by atoms with Crippen molar-refractivity contribution in [3.63, 3.8) is 0 Å². The molecule has 1 aromatic carbocycles. The third kappa shape index (κ3) is 4.69. The molecule has 0 radical (unpaired) electrons. The second-order valence-electron chi connectivity index (χ2n) is 6.98. The van der Waals surface area contributed by atoms with E-state index in [1.165, 1.54) is 12.4 Å². The Bertz CT molecular complexity index is 897. The summed E-state index contributed by atoms with van der Waals surface area (Å²) in [4.78, 5) is 13.5. The molecule has 1 atom stereocenters. The number of sulfonamides is 1. The fourth-order valence-corrected chi connectivity index (χ4v) is 4.36. The van der Waals surface area contributed by atoms with E-state index in [0.29, 0.717) is 17.7 Å². The molecule has 8 heteroatoms. The molecule has 28 heavy (non-hydrogen) atoms. The summed E-state index contributed by atoms with van der Waals surface area (Å²) in [5.74, 6) is 0.626. The maximum absolute atomic E-state index is 12.5. The van der Waals surface area contributed by atoms with E-state index in [-0.39, 0.29) is 4.90 Å². The van der Waals surface area contributed by atoms with Gasteiger partial charge in [0.1, 0.15) is 0 Å². The molecule has 0 amide bonds. The highest BCUT2D eigenvalue weighted by Gasteiger charge is 2.24. The van der Waals surface area contributed by atoms with Gasteiger partial charge in [-0.2, -0.15) is 0 Å². The normalized spacial score (nSPS) is 18.1. The van der Waals surface area contributed by atoms with Gasteiger partial charge in [0.15, 0.2) is 0 Å². The lowest BCUT2D eigenvalue weighted by molar-refractivity contribution is 0.189. The van der Waals surface area contributed by atoms with Gasteiger partial charge in [0.25, 0.3) is 10.0 Å². The van der Waals surface area contributed by atoms with E-state index in [2.05, 4.69) is 44.9 Å². The molecule has 2 heterocycles. The van der Waals surface area contributed by atoms with Gasteiger partial charge < -0.3 is 4.90 Å². The first-order valence-corrected chi connectivity index (χ1v) is 11.0. The van der Waals surface area contributed by atoms with E-state index in [9.17, 15) is 8.42 Å². The van der Waals surface area contributed by atoms with Crippen molar-refractivity contribution in [1.29, 1.82) is 0 Å². The molecule has 1 fully saturated rings.